The van der Waals surface area contributed by atoms with Crippen molar-refractivity contribution in [3.05, 3.63) is 58.9 Å². The summed E-state index contributed by atoms with van der Waals surface area (Å²) >= 11 is 0. The summed E-state index contributed by atoms with van der Waals surface area (Å²) < 4.78 is 0. The summed E-state index contributed by atoms with van der Waals surface area (Å²) in [5.41, 5.74) is 2.73. The van der Waals surface area contributed by atoms with Crippen LogP contribution in [0.1, 0.15) is 31.8 Å². The van der Waals surface area contributed by atoms with Crippen molar-refractivity contribution in [3.63, 3.8) is 0 Å². The van der Waals surface area contributed by atoms with Gasteiger partial charge in [0.1, 0.15) is 0 Å². The van der Waals surface area contributed by atoms with Crippen LogP contribution in [0.15, 0.2) is 36.7 Å². The third kappa shape index (κ3) is 3.00. The molecule has 1 heterocycles. The van der Waals surface area contributed by atoms with Gasteiger partial charge in [0.05, 0.1) is 11.1 Å². The Morgan fingerprint density at radius 1 is 1.15 bits per heavy atom. The normalized spacial score (nSPS) is 10.1. The molecular weight excluding hydrogens is 256 g/mol. The van der Waals surface area contributed by atoms with Gasteiger partial charge in [0, 0.05) is 18.1 Å². The standard InChI is InChI=1S/C15H14N2O3/c1-9-5-11(8-16-7-9)14(18)17-12-3-4-13(15(19)20)10(2)6-12/h3-8H,1-2H3,(H,17,18)(H,19,20). The van der Waals surface area contributed by atoms with Gasteiger partial charge in [-0.25, -0.2) is 4.79 Å². The first-order chi connectivity index (χ1) is 9.47. The van der Waals surface area contributed by atoms with Crippen molar-refractivity contribution in [2.75, 3.05) is 5.32 Å². The molecule has 1 aromatic carbocycles. The fourth-order valence-electron chi connectivity index (χ4n) is 1.86. The van der Waals surface area contributed by atoms with E-state index in [0.717, 1.165) is 5.56 Å². The number of carboxylic acid groups (broad SMARTS) is 1. The number of carbonyl (C=O) groups is 2. The number of pyridine rings is 1. The quantitative estimate of drug-likeness (QED) is 0.898. The molecule has 0 fully saturated rings. The smallest absolute Gasteiger partial charge is 0.335 e. The fraction of sp³-hybridized carbons (Fsp3) is 0.133. The Hall–Kier alpha value is -2.69. The van der Waals surface area contributed by atoms with Crippen molar-refractivity contribution in [1.29, 1.82) is 0 Å². The number of anilines is 1. The van der Waals surface area contributed by atoms with Crippen LogP contribution in [0, 0.1) is 13.8 Å². The number of carbonyl (C=O) groups excluding carboxylic acids is 1. The first-order valence-electron chi connectivity index (χ1n) is 6.04. The number of rotatable bonds is 3. The molecule has 2 aromatic rings. The van der Waals surface area contributed by atoms with Gasteiger partial charge in [-0.05, 0) is 49.2 Å². The molecule has 20 heavy (non-hydrogen) atoms. The van der Waals surface area contributed by atoms with Crippen LogP contribution in [0.4, 0.5) is 5.69 Å². The number of aryl methyl sites for hydroxylation is 2. The van der Waals surface area contributed by atoms with Crippen molar-refractivity contribution >= 4 is 17.6 Å². The summed E-state index contributed by atoms with van der Waals surface area (Å²) in [7, 11) is 0. The minimum atomic E-state index is -0.983. The monoisotopic (exact) mass is 270 g/mol. The number of benzene rings is 1. The Morgan fingerprint density at radius 3 is 2.50 bits per heavy atom. The number of carboxylic acids is 1. The highest BCUT2D eigenvalue weighted by atomic mass is 16.4. The number of hydrogen-bond donors (Lipinski definition) is 2. The number of nitrogens with one attached hydrogen (secondary N) is 1. The second-order valence-corrected chi connectivity index (χ2v) is 4.54. The number of hydrogen-bond acceptors (Lipinski definition) is 3. The van der Waals surface area contributed by atoms with Crippen molar-refractivity contribution < 1.29 is 14.7 Å². The second-order valence-electron chi connectivity index (χ2n) is 4.54. The third-order valence-corrected chi connectivity index (χ3v) is 2.85. The largest absolute Gasteiger partial charge is 0.478 e. The summed E-state index contributed by atoms with van der Waals surface area (Å²) in [4.78, 5) is 26.9. The molecule has 0 aliphatic heterocycles. The van der Waals surface area contributed by atoms with Crippen LogP contribution < -0.4 is 5.32 Å². The maximum Gasteiger partial charge on any atom is 0.335 e. The van der Waals surface area contributed by atoms with Crippen LogP contribution in [0.2, 0.25) is 0 Å². The molecule has 1 aromatic heterocycles. The molecule has 0 unspecified atom stereocenters. The van der Waals surface area contributed by atoms with E-state index in [9.17, 15) is 9.59 Å². The van der Waals surface area contributed by atoms with Gasteiger partial charge in [-0.2, -0.15) is 0 Å². The Morgan fingerprint density at radius 2 is 1.90 bits per heavy atom. The van der Waals surface area contributed by atoms with Crippen molar-refractivity contribution in [1.82, 2.24) is 4.98 Å². The fourth-order valence-corrected chi connectivity index (χ4v) is 1.86. The van der Waals surface area contributed by atoms with Crippen molar-refractivity contribution in [2.45, 2.75) is 13.8 Å². The van der Waals surface area contributed by atoms with E-state index in [-0.39, 0.29) is 11.5 Å². The maximum atomic E-state index is 12.0. The Labute approximate surface area is 116 Å². The molecule has 0 bridgehead atoms. The lowest BCUT2D eigenvalue weighted by molar-refractivity contribution is 0.0696. The summed E-state index contributed by atoms with van der Waals surface area (Å²) in [6.45, 7) is 3.54. The van der Waals surface area contributed by atoms with Crippen LogP contribution in [0.5, 0.6) is 0 Å². The molecule has 2 N–H and O–H groups in total. The average Bonchev–Trinajstić information content (AvgIpc) is 2.38. The van der Waals surface area contributed by atoms with Crippen LogP contribution >= 0.6 is 0 Å². The van der Waals surface area contributed by atoms with E-state index in [2.05, 4.69) is 10.3 Å². The first kappa shape index (κ1) is 13.7. The van der Waals surface area contributed by atoms with Crippen LogP contribution in [-0.2, 0) is 0 Å². The Balaban J connectivity index is 2.20. The molecule has 5 heteroatoms. The van der Waals surface area contributed by atoms with E-state index in [1.54, 1.807) is 31.3 Å². The maximum absolute atomic E-state index is 12.0. The SMILES string of the molecule is Cc1cncc(C(=O)Nc2ccc(C(=O)O)c(C)c2)c1. The van der Waals surface area contributed by atoms with Crippen molar-refractivity contribution in [2.24, 2.45) is 0 Å². The highest BCUT2D eigenvalue weighted by molar-refractivity contribution is 6.04. The van der Waals surface area contributed by atoms with E-state index in [0.29, 0.717) is 16.8 Å². The minimum Gasteiger partial charge on any atom is -0.478 e. The number of aromatic nitrogens is 1. The summed E-state index contributed by atoms with van der Waals surface area (Å²) in [6, 6.07) is 6.41. The number of amides is 1. The van der Waals surface area contributed by atoms with Crippen LogP contribution in [0.25, 0.3) is 0 Å². The molecule has 0 aliphatic carbocycles. The second kappa shape index (κ2) is 5.52. The molecule has 102 valence electrons. The van der Waals surface area contributed by atoms with E-state index < -0.39 is 5.97 Å². The highest BCUT2D eigenvalue weighted by Gasteiger charge is 2.10. The first-order valence-corrected chi connectivity index (χ1v) is 6.04. The van der Waals surface area contributed by atoms with Gasteiger partial charge in [-0.15, -0.1) is 0 Å². The summed E-state index contributed by atoms with van der Waals surface area (Å²) in [6.07, 6.45) is 3.16. The van der Waals surface area contributed by atoms with Gasteiger partial charge < -0.3 is 10.4 Å². The van der Waals surface area contributed by atoms with Gasteiger partial charge in [-0.3, -0.25) is 9.78 Å². The minimum absolute atomic E-state index is 0.222. The van der Waals surface area contributed by atoms with Gasteiger partial charge >= 0.3 is 5.97 Å². The Bertz CT molecular complexity index is 681. The van der Waals surface area contributed by atoms with Gasteiger partial charge in [-0.1, -0.05) is 0 Å². The zero-order chi connectivity index (χ0) is 14.7. The molecule has 1 amide bonds. The molecular formula is C15H14N2O3. The lowest BCUT2D eigenvalue weighted by atomic mass is 10.1. The summed E-state index contributed by atoms with van der Waals surface area (Å²) in [5.74, 6) is -1.26. The molecule has 0 radical (unpaired) electrons. The summed E-state index contributed by atoms with van der Waals surface area (Å²) in [5, 5.41) is 11.7. The number of nitrogens with zero attached hydrogens (tertiary/aromatic N) is 1. The predicted octanol–water partition coefficient (Wildman–Crippen LogP) is 2.65. The molecule has 2 rings (SSSR count). The molecule has 5 nitrogen and oxygen atoms in total. The predicted molar refractivity (Wildman–Crippen MR) is 75.1 cm³/mol. The van der Waals surface area contributed by atoms with E-state index in [4.69, 9.17) is 5.11 Å². The number of aromatic carboxylic acids is 1. The Kier molecular flexibility index (Phi) is 3.79. The van der Waals surface area contributed by atoms with Gasteiger partial charge in [0.2, 0.25) is 0 Å². The third-order valence-electron chi connectivity index (χ3n) is 2.85. The van der Waals surface area contributed by atoms with Gasteiger partial charge in [0.15, 0.2) is 0 Å². The van der Waals surface area contributed by atoms with Crippen LogP contribution in [-0.4, -0.2) is 22.0 Å². The van der Waals surface area contributed by atoms with E-state index in [1.807, 2.05) is 6.92 Å². The zero-order valence-electron chi connectivity index (χ0n) is 11.2. The van der Waals surface area contributed by atoms with E-state index >= 15 is 0 Å². The lowest BCUT2D eigenvalue weighted by Crippen LogP contribution is -2.13. The topological polar surface area (TPSA) is 79.3 Å². The molecule has 0 saturated heterocycles. The molecule has 0 aliphatic rings. The zero-order valence-corrected chi connectivity index (χ0v) is 11.2. The average molecular weight is 270 g/mol. The molecule has 0 spiro atoms. The van der Waals surface area contributed by atoms with Gasteiger partial charge in [0.25, 0.3) is 5.91 Å². The lowest BCUT2D eigenvalue weighted by Gasteiger charge is -2.08. The highest BCUT2D eigenvalue weighted by Crippen LogP contribution is 2.16. The molecule has 0 atom stereocenters. The molecule has 0 saturated carbocycles. The van der Waals surface area contributed by atoms with E-state index in [1.165, 1.54) is 12.3 Å². The van der Waals surface area contributed by atoms with Crippen molar-refractivity contribution in [3.8, 4) is 0 Å². The van der Waals surface area contributed by atoms with Crippen LogP contribution in [0.3, 0.4) is 0 Å².